The first-order chi connectivity index (χ1) is 17.4. The maximum atomic E-state index is 13.5. The van der Waals surface area contributed by atoms with Crippen LogP contribution in [0.3, 0.4) is 0 Å². The first kappa shape index (κ1) is 23.5. The summed E-state index contributed by atoms with van der Waals surface area (Å²) in [4.78, 5) is 38.7. The second kappa shape index (κ2) is 9.77. The van der Waals surface area contributed by atoms with Gasteiger partial charge in [0, 0.05) is 29.1 Å². The molecule has 0 saturated carbocycles. The third-order valence-corrected chi connectivity index (χ3v) is 6.68. The molecule has 1 fully saturated rings. The highest BCUT2D eigenvalue weighted by Crippen LogP contribution is 2.28. The molecule has 0 radical (unpaired) electrons. The number of aromatic nitrogens is 3. The van der Waals surface area contributed by atoms with Crippen molar-refractivity contribution < 1.29 is 19.0 Å². The average molecular weight is 488 g/mol. The van der Waals surface area contributed by atoms with Crippen LogP contribution in [0.5, 0.6) is 0 Å². The van der Waals surface area contributed by atoms with E-state index in [-0.39, 0.29) is 23.5 Å². The van der Waals surface area contributed by atoms with E-state index in [1.165, 1.54) is 12.1 Å². The summed E-state index contributed by atoms with van der Waals surface area (Å²) in [6, 6.07) is 11.2. The fraction of sp³-hybridized carbons (Fsp3) is 0.259. The second-order valence-corrected chi connectivity index (χ2v) is 9.20. The molecule has 3 heterocycles. The van der Waals surface area contributed by atoms with Gasteiger partial charge in [-0.05, 0) is 74.2 Å². The van der Waals surface area contributed by atoms with Crippen LogP contribution in [0.1, 0.15) is 34.3 Å². The van der Waals surface area contributed by atoms with Crippen LogP contribution in [0, 0.1) is 25.6 Å². The standard InChI is InChI=1S/C27H27FN6O2/c1-16-12-21(6-7-22(16)28)33-27(36)19-4-3-5-20(13-19)32-26(35)18-8-10-34(11-9-18)25-23-17(2)14-29-24(23)30-15-31-25/h3-7,12-15,18H,8-11H2,1-2H3,(H,32,35)(H,33,36)(H,29,30,31)/p+1. The first-order valence-electron chi connectivity index (χ1n) is 12.0. The van der Waals surface area contributed by atoms with Crippen LogP contribution in [0.25, 0.3) is 11.0 Å². The lowest BCUT2D eigenvalue weighted by Gasteiger charge is -2.28. The lowest BCUT2D eigenvalue weighted by molar-refractivity contribution is -0.367. The minimum atomic E-state index is -0.328. The number of fused-ring (bicyclic) bond motifs is 1. The maximum absolute atomic E-state index is 13.5. The van der Waals surface area contributed by atoms with Gasteiger partial charge in [0.2, 0.25) is 23.7 Å². The van der Waals surface area contributed by atoms with Gasteiger partial charge in [0.25, 0.3) is 5.91 Å². The molecule has 4 aromatic rings. The Morgan fingerprint density at radius 2 is 1.83 bits per heavy atom. The van der Waals surface area contributed by atoms with Gasteiger partial charge in [0.15, 0.2) is 0 Å². The number of rotatable bonds is 5. The van der Waals surface area contributed by atoms with E-state index in [0.29, 0.717) is 22.5 Å². The number of piperidine rings is 1. The molecular formula is C27H28FN6O2+. The van der Waals surface area contributed by atoms with Crippen LogP contribution in [0.15, 0.2) is 55.0 Å². The number of carbonyl (C=O) groups excluding carboxylic acids is 2. The number of halogens is 1. The second-order valence-electron chi connectivity index (χ2n) is 9.20. The summed E-state index contributed by atoms with van der Waals surface area (Å²) in [5.74, 6) is 0.196. The molecule has 0 unspecified atom stereocenters. The van der Waals surface area contributed by atoms with E-state index in [1.807, 2.05) is 13.1 Å². The minimum Gasteiger partial charge on any atom is -0.332 e. The fourth-order valence-electron chi connectivity index (χ4n) is 4.66. The SMILES string of the molecule is Cc1cc(NC(=O)c2cccc(NC(=O)C3CCN(c4[nH+]cnc5[nH]cc(C)c45)CC3)c2)ccc1F. The molecule has 5 rings (SSSR count). The highest BCUT2D eigenvalue weighted by Gasteiger charge is 2.30. The molecule has 8 nitrogen and oxygen atoms in total. The minimum absolute atomic E-state index is 0.0527. The smallest absolute Gasteiger partial charge is 0.255 e. The van der Waals surface area contributed by atoms with Gasteiger partial charge in [0.05, 0.1) is 13.1 Å². The molecule has 2 aromatic carbocycles. The molecule has 0 spiro atoms. The van der Waals surface area contributed by atoms with Gasteiger partial charge in [0.1, 0.15) is 11.2 Å². The number of hydrogen-bond donors (Lipinski definition) is 3. The zero-order valence-electron chi connectivity index (χ0n) is 20.2. The molecule has 1 saturated heterocycles. The van der Waals surface area contributed by atoms with Gasteiger partial charge in [-0.25, -0.2) is 9.37 Å². The Labute approximate surface area is 208 Å². The van der Waals surface area contributed by atoms with E-state index in [9.17, 15) is 14.0 Å². The number of aryl methyl sites for hydroxylation is 2. The molecule has 0 aliphatic carbocycles. The summed E-state index contributed by atoms with van der Waals surface area (Å²) < 4.78 is 13.5. The van der Waals surface area contributed by atoms with Gasteiger partial charge in [-0.1, -0.05) is 11.1 Å². The summed E-state index contributed by atoms with van der Waals surface area (Å²) in [5, 5.41) is 6.81. The summed E-state index contributed by atoms with van der Waals surface area (Å²) in [7, 11) is 0. The zero-order chi connectivity index (χ0) is 25.2. The largest absolute Gasteiger partial charge is 0.332 e. The zero-order valence-corrected chi connectivity index (χ0v) is 20.2. The lowest BCUT2D eigenvalue weighted by atomic mass is 9.95. The van der Waals surface area contributed by atoms with Crippen LogP contribution >= 0.6 is 0 Å². The maximum Gasteiger partial charge on any atom is 0.255 e. The molecule has 2 aromatic heterocycles. The number of H-pyrrole nitrogens is 2. The van der Waals surface area contributed by atoms with Gasteiger partial charge in [-0.15, -0.1) is 0 Å². The summed E-state index contributed by atoms with van der Waals surface area (Å²) in [5.41, 5.74) is 3.91. The summed E-state index contributed by atoms with van der Waals surface area (Å²) >= 11 is 0. The fourth-order valence-corrected chi connectivity index (χ4v) is 4.66. The van der Waals surface area contributed by atoms with E-state index < -0.39 is 0 Å². The molecule has 1 aliphatic rings. The Hall–Kier alpha value is -4.27. The Bertz CT molecular complexity index is 1440. The summed E-state index contributed by atoms with van der Waals surface area (Å²) in [6.07, 6.45) is 5.07. The van der Waals surface area contributed by atoms with E-state index in [4.69, 9.17) is 0 Å². The van der Waals surface area contributed by atoms with Crippen molar-refractivity contribution in [1.82, 2.24) is 9.97 Å². The van der Waals surface area contributed by atoms with Gasteiger partial charge >= 0.3 is 0 Å². The Morgan fingerprint density at radius 3 is 2.61 bits per heavy atom. The number of anilines is 3. The number of aromatic amines is 2. The number of benzene rings is 2. The topological polar surface area (TPSA) is 104 Å². The average Bonchev–Trinajstić information content (AvgIpc) is 3.27. The van der Waals surface area contributed by atoms with Crippen LogP contribution < -0.4 is 20.5 Å². The quantitative estimate of drug-likeness (QED) is 0.392. The molecule has 1 aliphatic heterocycles. The molecule has 0 atom stereocenters. The molecule has 2 amide bonds. The number of nitrogens with one attached hydrogen (secondary N) is 4. The first-order valence-corrected chi connectivity index (χ1v) is 12.0. The predicted molar refractivity (Wildman–Crippen MR) is 136 cm³/mol. The Kier molecular flexibility index (Phi) is 6.37. The highest BCUT2D eigenvalue weighted by atomic mass is 19.1. The van der Waals surface area contributed by atoms with Crippen LogP contribution in [-0.4, -0.2) is 34.9 Å². The van der Waals surface area contributed by atoms with Crippen molar-refractivity contribution in [2.75, 3.05) is 28.6 Å². The van der Waals surface area contributed by atoms with Crippen LogP contribution in [-0.2, 0) is 4.79 Å². The number of hydrogen-bond acceptors (Lipinski definition) is 4. The van der Waals surface area contributed by atoms with E-state index >= 15 is 0 Å². The van der Waals surface area contributed by atoms with Crippen molar-refractivity contribution in [3.63, 3.8) is 0 Å². The number of carbonyl (C=O) groups is 2. The van der Waals surface area contributed by atoms with Gasteiger partial charge in [-0.3, -0.25) is 14.5 Å². The normalized spacial score (nSPS) is 14.1. The predicted octanol–water partition coefficient (Wildman–Crippen LogP) is 4.24. The lowest BCUT2D eigenvalue weighted by Crippen LogP contribution is -2.40. The van der Waals surface area contributed by atoms with E-state index in [2.05, 4.69) is 30.5 Å². The third-order valence-electron chi connectivity index (χ3n) is 6.68. The Balaban J connectivity index is 1.20. The van der Waals surface area contributed by atoms with Crippen molar-refractivity contribution in [3.8, 4) is 0 Å². The summed E-state index contributed by atoms with van der Waals surface area (Å²) in [6.45, 7) is 5.19. The third kappa shape index (κ3) is 4.77. The van der Waals surface area contributed by atoms with Gasteiger partial charge < -0.3 is 15.6 Å². The van der Waals surface area contributed by atoms with Crippen molar-refractivity contribution in [3.05, 3.63) is 77.5 Å². The molecule has 184 valence electrons. The van der Waals surface area contributed by atoms with Crippen molar-refractivity contribution >= 4 is 40.0 Å². The van der Waals surface area contributed by atoms with E-state index in [0.717, 1.165) is 48.3 Å². The van der Waals surface area contributed by atoms with Crippen molar-refractivity contribution in [2.24, 2.45) is 5.92 Å². The van der Waals surface area contributed by atoms with Crippen molar-refractivity contribution in [1.29, 1.82) is 0 Å². The molecular weight excluding hydrogens is 459 g/mol. The molecule has 36 heavy (non-hydrogen) atoms. The van der Waals surface area contributed by atoms with E-state index in [1.54, 1.807) is 43.6 Å². The molecule has 4 N–H and O–H groups in total. The number of nitrogens with zero attached hydrogens (tertiary/aromatic N) is 2. The molecule has 0 bridgehead atoms. The van der Waals surface area contributed by atoms with Crippen LogP contribution in [0.2, 0.25) is 0 Å². The Morgan fingerprint density at radius 1 is 1.06 bits per heavy atom. The van der Waals surface area contributed by atoms with Gasteiger partial charge in [-0.2, -0.15) is 0 Å². The highest BCUT2D eigenvalue weighted by molar-refractivity contribution is 6.05. The number of amides is 2. The van der Waals surface area contributed by atoms with Crippen LogP contribution in [0.4, 0.5) is 21.6 Å². The molecule has 9 heteroatoms. The van der Waals surface area contributed by atoms with Crippen molar-refractivity contribution in [2.45, 2.75) is 26.7 Å². The monoisotopic (exact) mass is 487 g/mol.